The Morgan fingerprint density at radius 1 is 0.144 bits per heavy atom. The third-order valence-corrected chi connectivity index (χ3v) is 32.4. The van der Waals surface area contributed by atoms with Crippen molar-refractivity contribution >= 4 is 7.82 Å². The van der Waals surface area contributed by atoms with E-state index >= 15 is 4.57 Å². The molecule has 0 bridgehead atoms. The van der Waals surface area contributed by atoms with Crippen molar-refractivity contribution in [1.82, 2.24) is 0 Å². The molecule has 0 fully saturated rings. The van der Waals surface area contributed by atoms with Gasteiger partial charge in [0.25, 0.3) is 0 Å². The molecule has 0 aromatic rings. The van der Waals surface area contributed by atoms with Gasteiger partial charge in [0.2, 0.25) is 0 Å². The van der Waals surface area contributed by atoms with Gasteiger partial charge in [-0.1, -0.05) is 662 Å². The highest BCUT2D eigenvalue weighted by Gasteiger charge is 2.53. The molecule has 0 heterocycles. The van der Waals surface area contributed by atoms with Gasteiger partial charge in [-0.25, -0.2) is 4.57 Å². The summed E-state index contributed by atoms with van der Waals surface area (Å²) in [6.07, 6.45) is 124. The van der Waals surface area contributed by atoms with Crippen LogP contribution >= 0.6 is 7.82 Å². The Labute approximate surface area is 793 Å². The first kappa shape index (κ1) is 125. The molecule has 752 valence electrons. The molecule has 6 atom stereocenters. The number of phosphoric ester groups is 1. The van der Waals surface area contributed by atoms with Crippen LogP contribution in [0.15, 0.2) is 0 Å². The largest absolute Gasteiger partial charge is 0.476 e. The molecule has 125 heavy (non-hydrogen) atoms. The minimum Gasteiger partial charge on any atom is -0.280 e. The molecule has 0 saturated carbocycles. The lowest BCUT2D eigenvalue weighted by Gasteiger charge is -2.48. The summed E-state index contributed by atoms with van der Waals surface area (Å²) in [6, 6.07) is 0. The zero-order valence-electron chi connectivity index (χ0n) is 89.9. The van der Waals surface area contributed by atoms with Crippen LogP contribution in [0.5, 0.6) is 0 Å². The molecule has 0 spiro atoms. The minimum absolute atomic E-state index is 0.521. The van der Waals surface area contributed by atoms with Crippen LogP contribution in [0.3, 0.4) is 0 Å². The van der Waals surface area contributed by atoms with Gasteiger partial charge < -0.3 is 0 Å². The van der Waals surface area contributed by atoms with Crippen LogP contribution in [0.25, 0.3) is 0 Å². The Morgan fingerprint density at radius 3 is 0.336 bits per heavy atom. The molecule has 0 aliphatic rings. The maximum atomic E-state index is 20.0. The molecule has 0 aromatic carbocycles. The standard InChI is InChI=1S/C120H243O4P/c1-16-31-43-55-61-73-85-97-112(91-79-67-49-37-22-7)106-118(103-28-13,107-113(92-80-68-50-38-23-8)98-86-74-62-56-44-32-17-2)122-125(121,123-119(104-29-14,108-114(93-81-69-51-39-24-9)99-87-75-63-57-45-33-18-3)109-115(94-82-70-52-40-25-10)100-88-76-64-58-46-34-19-4)124-120(105-30-15,110-116(95-83-71-53-41-26-11)101-89-77-65-59-47-35-20-5)111-117(96-84-72-54-42-27-12)102-90-78-66-60-48-36-21-6/h112-117H,16-111H2,1-15H3. The minimum atomic E-state index is -4.54. The monoisotopic (exact) mass is 1780 g/mol. The van der Waals surface area contributed by atoms with Crippen molar-refractivity contribution < 1.29 is 18.1 Å². The highest BCUT2D eigenvalue weighted by molar-refractivity contribution is 7.48. The Bertz CT molecular complexity index is 1760. The lowest BCUT2D eigenvalue weighted by Crippen LogP contribution is -2.44. The van der Waals surface area contributed by atoms with E-state index in [2.05, 4.69) is 104 Å². The Kier molecular flexibility index (Phi) is 94.5. The quantitative estimate of drug-likeness (QED) is 0.0450. The summed E-state index contributed by atoms with van der Waals surface area (Å²) < 4.78 is 47.3. The van der Waals surface area contributed by atoms with Crippen molar-refractivity contribution in [3.8, 4) is 0 Å². The maximum absolute atomic E-state index is 20.0. The highest BCUT2D eigenvalue weighted by atomic mass is 31.2. The van der Waals surface area contributed by atoms with Gasteiger partial charge in [-0.15, -0.1) is 0 Å². The second kappa shape index (κ2) is 94.5. The fraction of sp³-hybridized carbons (Fsp3) is 1.00. The number of hydrogen-bond acceptors (Lipinski definition) is 4. The van der Waals surface area contributed by atoms with Crippen LogP contribution < -0.4 is 0 Å². The molecular formula is C120H243O4P. The molecular weight excluding hydrogens is 1540 g/mol. The Balaban J connectivity index is 10.7. The van der Waals surface area contributed by atoms with Gasteiger partial charge in [0.15, 0.2) is 0 Å². The van der Waals surface area contributed by atoms with E-state index in [0.717, 1.165) is 77.0 Å². The van der Waals surface area contributed by atoms with E-state index in [1.165, 1.54) is 539 Å². The molecule has 0 aliphatic carbocycles. The molecule has 0 radical (unpaired) electrons. The number of hydrogen-bond donors (Lipinski definition) is 0. The number of phosphoric acid groups is 1. The third kappa shape index (κ3) is 75.9. The van der Waals surface area contributed by atoms with Gasteiger partial charge in [0.05, 0.1) is 16.8 Å². The number of rotatable bonds is 108. The van der Waals surface area contributed by atoms with E-state index in [1.54, 1.807) is 0 Å². The summed E-state index contributed by atoms with van der Waals surface area (Å²) in [5, 5.41) is 0. The van der Waals surface area contributed by atoms with Crippen molar-refractivity contribution in [2.24, 2.45) is 35.5 Å². The van der Waals surface area contributed by atoms with Crippen molar-refractivity contribution in [2.45, 2.75) is 737 Å². The van der Waals surface area contributed by atoms with E-state index < -0.39 is 24.6 Å². The van der Waals surface area contributed by atoms with Crippen LogP contribution in [0.4, 0.5) is 0 Å². The van der Waals surface area contributed by atoms with E-state index in [9.17, 15) is 0 Å². The van der Waals surface area contributed by atoms with Gasteiger partial charge >= 0.3 is 7.82 Å². The second-order valence-corrected chi connectivity index (χ2v) is 45.1. The maximum Gasteiger partial charge on any atom is 0.476 e. The molecule has 0 saturated heterocycles. The molecule has 5 heteroatoms. The van der Waals surface area contributed by atoms with Gasteiger partial charge in [-0.2, -0.15) is 0 Å². The topological polar surface area (TPSA) is 44.8 Å². The summed E-state index contributed by atoms with van der Waals surface area (Å²) in [5.74, 6) is 3.13. The molecule has 0 aromatic heterocycles. The average Bonchev–Trinajstić information content (AvgIpc) is 0.764. The van der Waals surface area contributed by atoms with Crippen molar-refractivity contribution in [3.63, 3.8) is 0 Å². The van der Waals surface area contributed by atoms with Crippen molar-refractivity contribution in [2.75, 3.05) is 0 Å². The van der Waals surface area contributed by atoms with E-state index in [4.69, 9.17) is 13.6 Å². The van der Waals surface area contributed by atoms with Crippen LogP contribution in [-0.2, 0) is 18.1 Å². The van der Waals surface area contributed by atoms with E-state index in [1.807, 2.05) is 0 Å². The summed E-state index contributed by atoms with van der Waals surface area (Å²) in [7, 11) is -4.54. The van der Waals surface area contributed by atoms with Crippen LogP contribution in [-0.4, -0.2) is 16.8 Å². The fourth-order valence-electron chi connectivity index (χ4n) is 23.2. The summed E-state index contributed by atoms with van der Waals surface area (Å²) in [6.45, 7) is 36.3. The average molecular weight is 1780 g/mol. The van der Waals surface area contributed by atoms with E-state index in [0.29, 0.717) is 35.5 Å². The molecule has 4 nitrogen and oxygen atoms in total. The molecule has 0 amide bonds. The summed E-state index contributed by atoms with van der Waals surface area (Å²) in [4.78, 5) is 0. The predicted octanol–water partition coefficient (Wildman–Crippen LogP) is 45.8. The third-order valence-electron chi connectivity index (χ3n) is 30.6. The van der Waals surface area contributed by atoms with Gasteiger partial charge in [0.1, 0.15) is 0 Å². The van der Waals surface area contributed by atoms with Gasteiger partial charge in [-0.05, 0) is 93.3 Å². The smallest absolute Gasteiger partial charge is 0.280 e. The SMILES string of the molecule is CCCCCCCCCC(CCCCCCC)CC(CCC)(CC(CCCCCCC)CCCCCCCCC)OP(=O)(OC(CCC)(CC(CCCCCCC)CCCCCCCCC)CC(CCCCCCC)CCCCCCCCC)OC(CCC)(CC(CCCCCCC)CCCCCCCCC)CC(CCCCCCC)CCCCCCCCC. The summed E-state index contributed by atoms with van der Waals surface area (Å²) in [5.41, 5.74) is -1.90. The Morgan fingerprint density at radius 2 is 0.240 bits per heavy atom. The molecule has 6 unspecified atom stereocenters. The zero-order valence-corrected chi connectivity index (χ0v) is 90.8. The van der Waals surface area contributed by atoms with Crippen LogP contribution in [0, 0.1) is 35.5 Å². The first-order valence-corrected chi connectivity index (χ1v) is 61.4. The van der Waals surface area contributed by atoms with Crippen LogP contribution in [0.1, 0.15) is 720 Å². The van der Waals surface area contributed by atoms with Gasteiger partial charge in [0, 0.05) is 0 Å². The van der Waals surface area contributed by atoms with Gasteiger partial charge in [-0.3, -0.25) is 13.6 Å². The van der Waals surface area contributed by atoms with Crippen LogP contribution in [0.2, 0.25) is 0 Å². The van der Waals surface area contributed by atoms with Crippen molar-refractivity contribution in [3.05, 3.63) is 0 Å². The second-order valence-electron chi connectivity index (χ2n) is 43.6. The van der Waals surface area contributed by atoms with Crippen molar-refractivity contribution in [1.29, 1.82) is 0 Å². The fourth-order valence-corrected chi connectivity index (χ4v) is 25.4. The number of unbranched alkanes of at least 4 members (excludes halogenated alkanes) is 60. The predicted molar refractivity (Wildman–Crippen MR) is 568 cm³/mol. The molecule has 0 rings (SSSR count). The first-order chi connectivity index (χ1) is 61.3. The zero-order chi connectivity index (χ0) is 91.5. The Hall–Kier alpha value is 0.110. The first-order valence-electron chi connectivity index (χ1n) is 60.0. The lowest BCUT2D eigenvalue weighted by molar-refractivity contribution is -0.108. The summed E-state index contributed by atoms with van der Waals surface area (Å²) >= 11 is 0. The molecule has 0 N–H and O–H groups in total. The van der Waals surface area contributed by atoms with E-state index in [-0.39, 0.29) is 0 Å². The lowest BCUT2D eigenvalue weighted by atomic mass is 9.75. The molecule has 0 aliphatic heterocycles. The highest BCUT2D eigenvalue weighted by Crippen LogP contribution is 2.65. The normalized spacial score (nSPS) is 15.5.